The number of carboxylic acids is 1. The van der Waals surface area contributed by atoms with Gasteiger partial charge in [0.05, 0.1) is 18.3 Å². The van der Waals surface area contributed by atoms with Gasteiger partial charge in [-0.3, -0.25) is 4.98 Å². The van der Waals surface area contributed by atoms with Crippen molar-refractivity contribution in [2.24, 2.45) is 0 Å². The van der Waals surface area contributed by atoms with E-state index in [-0.39, 0.29) is 18.3 Å². The molecule has 1 heterocycles. The molecule has 1 aromatic rings. The Morgan fingerprint density at radius 3 is 2.94 bits per heavy atom. The van der Waals surface area contributed by atoms with Crippen molar-refractivity contribution >= 4 is 5.97 Å². The number of hydrogen-bond donors (Lipinski definition) is 1. The van der Waals surface area contributed by atoms with Gasteiger partial charge >= 0.3 is 5.97 Å². The quantitative estimate of drug-likeness (QED) is 0.594. The molecular formula is C14H17NO3. The summed E-state index contributed by atoms with van der Waals surface area (Å²) in [6.45, 7) is 9.00. The average Bonchev–Trinajstić information content (AvgIpc) is 2.33. The van der Waals surface area contributed by atoms with E-state index in [4.69, 9.17) is 9.84 Å². The molecule has 4 heteroatoms. The maximum Gasteiger partial charge on any atom is 0.333 e. The minimum Gasteiger partial charge on any atom is -0.478 e. The zero-order valence-corrected chi connectivity index (χ0v) is 10.4. The highest BCUT2D eigenvalue weighted by atomic mass is 16.5. The van der Waals surface area contributed by atoms with Crippen LogP contribution in [0.3, 0.4) is 0 Å². The summed E-state index contributed by atoms with van der Waals surface area (Å²) in [7, 11) is 0. The summed E-state index contributed by atoms with van der Waals surface area (Å²) < 4.78 is 5.57. The van der Waals surface area contributed by atoms with Gasteiger partial charge in [-0.1, -0.05) is 12.7 Å². The van der Waals surface area contributed by atoms with Gasteiger partial charge in [0.1, 0.15) is 0 Å². The monoisotopic (exact) mass is 247 g/mol. The van der Waals surface area contributed by atoms with Crippen molar-refractivity contribution in [3.05, 3.63) is 54.4 Å². The van der Waals surface area contributed by atoms with Crippen molar-refractivity contribution in [1.82, 2.24) is 4.98 Å². The van der Waals surface area contributed by atoms with Gasteiger partial charge in [0.25, 0.3) is 0 Å². The molecule has 1 atom stereocenters. The van der Waals surface area contributed by atoms with E-state index in [9.17, 15) is 4.79 Å². The molecule has 0 fully saturated rings. The average molecular weight is 247 g/mol. The maximum atomic E-state index is 10.7. The van der Waals surface area contributed by atoms with Crippen LogP contribution in [-0.2, 0) is 9.53 Å². The Morgan fingerprint density at radius 1 is 1.67 bits per heavy atom. The molecule has 0 amide bonds. The molecule has 0 unspecified atom stereocenters. The van der Waals surface area contributed by atoms with Crippen LogP contribution < -0.4 is 0 Å². The van der Waals surface area contributed by atoms with Crippen LogP contribution in [0.25, 0.3) is 0 Å². The standard InChI is InChI=1S/C14H17NO3/c1-4-5-13(18-9-10(2)14(16)17)12-6-7-15-11(3)8-12/h4,6-8,13H,1-2,5,9H2,3H3,(H,16,17)/t13-/m0/s1. The minimum atomic E-state index is -1.04. The highest BCUT2D eigenvalue weighted by Gasteiger charge is 2.13. The fraction of sp³-hybridized carbons (Fsp3) is 0.286. The zero-order valence-electron chi connectivity index (χ0n) is 10.4. The van der Waals surface area contributed by atoms with Crippen molar-refractivity contribution < 1.29 is 14.6 Å². The van der Waals surface area contributed by atoms with Crippen LogP contribution in [0.1, 0.15) is 23.8 Å². The summed E-state index contributed by atoms with van der Waals surface area (Å²) >= 11 is 0. The first-order chi connectivity index (χ1) is 8.54. The van der Waals surface area contributed by atoms with Crippen LogP contribution in [-0.4, -0.2) is 22.7 Å². The van der Waals surface area contributed by atoms with Gasteiger partial charge in [0.2, 0.25) is 0 Å². The van der Waals surface area contributed by atoms with E-state index in [1.54, 1.807) is 12.3 Å². The third kappa shape index (κ3) is 4.14. The van der Waals surface area contributed by atoms with Crippen LogP contribution in [0.4, 0.5) is 0 Å². The fourth-order valence-electron chi connectivity index (χ4n) is 1.48. The van der Waals surface area contributed by atoms with E-state index in [1.807, 2.05) is 19.1 Å². The zero-order chi connectivity index (χ0) is 13.5. The van der Waals surface area contributed by atoms with Crippen LogP contribution in [0.15, 0.2) is 43.1 Å². The molecule has 1 N–H and O–H groups in total. The number of hydrogen-bond acceptors (Lipinski definition) is 3. The molecule has 0 saturated carbocycles. The van der Waals surface area contributed by atoms with Crippen molar-refractivity contribution in [1.29, 1.82) is 0 Å². The largest absolute Gasteiger partial charge is 0.478 e. The van der Waals surface area contributed by atoms with Crippen LogP contribution in [0.2, 0.25) is 0 Å². The molecule has 0 aromatic carbocycles. The van der Waals surface area contributed by atoms with Gasteiger partial charge in [-0.25, -0.2) is 4.79 Å². The number of carbonyl (C=O) groups is 1. The molecule has 1 rings (SSSR count). The number of ether oxygens (including phenoxy) is 1. The highest BCUT2D eigenvalue weighted by molar-refractivity contribution is 5.85. The molecule has 0 bridgehead atoms. The molecule has 0 spiro atoms. The molecule has 1 aromatic heterocycles. The van der Waals surface area contributed by atoms with Crippen molar-refractivity contribution in [3.8, 4) is 0 Å². The molecule has 0 radical (unpaired) electrons. The van der Waals surface area contributed by atoms with Gasteiger partial charge in [0.15, 0.2) is 0 Å². The topological polar surface area (TPSA) is 59.4 Å². The van der Waals surface area contributed by atoms with E-state index in [1.165, 1.54) is 0 Å². The van der Waals surface area contributed by atoms with E-state index in [2.05, 4.69) is 18.1 Å². The van der Waals surface area contributed by atoms with Gasteiger partial charge < -0.3 is 9.84 Å². The summed E-state index contributed by atoms with van der Waals surface area (Å²) in [6, 6.07) is 3.77. The Bertz CT molecular complexity index is 454. The predicted molar refractivity (Wildman–Crippen MR) is 69.3 cm³/mol. The summed E-state index contributed by atoms with van der Waals surface area (Å²) in [5, 5.41) is 8.73. The number of pyridine rings is 1. The summed E-state index contributed by atoms with van der Waals surface area (Å²) in [5.41, 5.74) is 1.89. The Morgan fingerprint density at radius 2 is 2.39 bits per heavy atom. The van der Waals surface area contributed by atoms with Crippen LogP contribution in [0.5, 0.6) is 0 Å². The van der Waals surface area contributed by atoms with Crippen molar-refractivity contribution in [2.75, 3.05) is 6.61 Å². The van der Waals surface area contributed by atoms with E-state index >= 15 is 0 Å². The lowest BCUT2D eigenvalue weighted by atomic mass is 10.1. The Balaban J connectivity index is 2.74. The van der Waals surface area contributed by atoms with E-state index in [0.717, 1.165) is 11.3 Å². The minimum absolute atomic E-state index is 0.00475. The van der Waals surface area contributed by atoms with Gasteiger partial charge in [-0.15, -0.1) is 6.58 Å². The Hall–Kier alpha value is -1.94. The molecule has 4 nitrogen and oxygen atoms in total. The summed E-state index contributed by atoms with van der Waals surface area (Å²) in [5.74, 6) is -1.04. The Labute approximate surface area is 107 Å². The van der Waals surface area contributed by atoms with Crippen molar-refractivity contribution in [3.63, 3.8) is 0 Å². The number of aryl methyl sites for hydroxylation is 1. The van der Waals surface area contributed by atoms with Gasteiger partial charge in [-0.05, 0) is 31.0 Å². The first-order valence-electron chi connectivity index (χ1n) is 5.60. The molecule has 0 aliphatic heterocycles. The molecule has 18 heavy (non-hydrogen) atoms. The van der Waals surface area contributed by atoms with Gasteiger partial charge in [0, 0.05) is 11.9 Å². The lowest BCUT2D eigenvalue weighted by Gasteiger charge is -2.17. The van der Waals surface area contributed by atoms with Gasteiger partial charge in [-0.2, -0.15) is 0 Å². The second kappa shape index (κ2) is 6.71. The van der Waals surface area contributed by atoms with E-state index < -0.39 is 5.97 Å². The molecule has 0 saturated heterocycles. The lowest BCUT2D eigenvalue weighted by molar-refractivity contribution is -0.133. The van der Waals surface area contributed by atoms with Crippen molar-refractivity contribution in [2.45, 2.75) is 19.4 Å². The SMILES string of the molecule is C=CC[C@H](OCC(=C)C(=O)O)c1ccnc(C)c1. The number of aromatic nitrogens is 1. The fourth-order valence-corrected chi connectivity index (χ4v) is 1.48. The second-order valence-electron chi connectivity index (χ2n) is 3.96. The predicted octanol–water partition coefficient (Wildman–Crippen LogP) is 2.66. The lowest BCUT2D eigenvalue weighted by Crippen LogP contribution is -2.11. The highest BCUT2D eigenvalue weighted by Crippen LogP contribution is 2.22. The summed E-state index contributed by atoms with van der Waals surface area (Å²) in [4.78, 5) is 14.8. The third-order valence-electron chi connectivity index (χ3n) is 2.43. The molecular weight excluding hydrogens is 230 g/mol. The Kier molecular flexibility index (Phi) is 5.27. The normalized spacial score (nSPS) is 11.8. The number of nitrogens with zero attached hydrogens (tertiary/aromatic N) is 1. The smallest absolute Gasteiger partial charge is 0.333 e. The first kappa shape index (κ1) is 14.1. The van der Waals surface area contributed by atoms with Crippen LogP contribution >= 0.6 is 0 Å². The number of carboxylic acid groups (broad SMARTS) is 1. The molecule has 96 valence electrons. The first-order valence-corrected chi connectivity index (χ1v) is 5.60. The number of rotatable bonds is 7. The maximum absolute atomic E-state index is 10.7. The van der Waals surface area contributed by atoms with Crippen LogP contribution in [0, 0.1) is 6.92 Å². The molecule has 0 aliphatic rings. The third-order valence-corrected chi connectivity index (χ3v) is 2.43. The second-order valence-corrected chi connectivity index (χ2v) is 3.96. The molecule has 0 aliphatic carbocycles. The van der Waals surface area contributed by atoms with E-state index in [0.29, 0.717) is 6.42 Å². The summed E-state index contributed by atoms with van der Waals surface area (Å²) in [6.07, 6.45) is 3.83. The number of aliphatic carboxylic acids is 1.